The van der Waals surface area contributed by atoms with E-state index in [2.05, 4.69) is 13.8 Å². The summed E-state index contributed by atoms with van der Waals surface area (Å²) in [6.45, 7) is 5.28. The number of carbonyl (C=O) groups excluding carboxylic acids is 2. The van der Waals surface area contributed by atoms with E-state index in [1.54, 1.807) is 4.90 Å². The second-order valence-electron chi connectivity index (χ2n) is 12.2. The third-order valence-electron chi connectivity index (χ3n) is 8.76. The molecule has 0 fully saturated rings. The number of anilines is 1. The number of carbonyl (C=O) groups is 2. The Labute approximate surface area is 245 Å². The zero-order chi connectivity index (χ0) is 28.0. The Bertz CT molecular complexity index is 758. The standard InChI is InChI=1S/C35H61NO2S/c1-3-5-7-9-11-13-14-16-18-22-26-31(25-21-17-15-12-10-8-6-4-2)27-23-19-20-24-29-36-32-28-30-39-34(32)33(37)35(36)38/h28,30-31H,3-27,29H2,1-2H3. The van der Waals surface area contributed by atoms with Crippen molar-refractivity contribution < 1.29 is 9.59 Å². The fourth-order valence-electron chi connectivity index (χ4n) is 6.21. The van der Waals surface area contributed by atoms with Gasteiger partial charge in [0, 0.05) is 6.54 Å². The molecule has 0 radical (unpaired) electrons. The molecule has 0 aliphatic carbocycles. The maximum Gasteiger partial charge on any atom is 0.300 e. The van der Waals surface area contributed by atoms with Crippen LogP contribution in [0, 0.1) is 5.92 Å². The van der Waals surface area contributed by atoms with E-state index >= 15 is 0 Å². The molecule has 39 heavy (non-hydrogen) atoms. The van der Waals surface area contributed by atoms with Crippen LogP contribution >= 0.6 is 11.3 Å². The fraction of sp³-hybridized carbons (Fsp3) is 0.829. The monoisotopic (exact) mass is 559 g/mol. The summed E-state index contributed by atoms with van der Waals surface area (Å²) in [4.78, 5) is 26.7. The maximum atomic E-state index is 12.3. The van der Waals surface area contributed by atoms with Gasteiger partial charge in [-0.3, -0.25) is 9.59 Å². The molecule has 1 unspecified atom stereocenters. The molecule has 0 aromatic carbocycles. The lowest BCUT2D eigenvalue weighted by molar-refractivity contribution is -0.114. The first-order chi connectivity index (χ1) is 19.2. The molecule has 1 atom stereocenters. The highest BCUT2D eigenvalue weighted by Crippen LogP contribution is 2.33. The topological polar surface area (TPSA) is 37.4 Å². The number of thiophene rings is 1. The molecule has 0 N–H and O–H groups in total. The van der Waals surface area contributed by atoms with E-state index in [0.717, 1.165) is 24.4 Å². The van der Waals surface area contributed by atoms with Crippen molar-refractivity contribution in [3.05, 3.63) is 16.3 Å². The molecule has 1 aliphatic rings. The first-order valence-corrected chi connectivity index (χ1v) is 18.0. The lowest BCUT2D eigenvalue weighted by Crippen LogP contribution is -2.30. The molecule has 2 heterocycles. The zero-order valence-electron chi connectivity index (χ0n) is 25.8. The van der Waals surface area contributed by atoms with Crippen molar-refractivity contribution in [2.24, 2.45) is 5.92 Å². The lowest BCUT2D eigenvalue weighted by atomic mass is 9.89. The number of ketones is 1. The van der Waals surface area contributed by atoms with Crippen molar-refractivity contribution >= 4 is 28.7 Å². The highest BCUT2D eigenvalue weighted by Gasteiger charge is 2.36. The third kappa shape index (κ3) is 14.3. The fourth-order valence-corrected chi connectivity index (χ4v) is 7.04. The van der Waals surface area contributed by atoms with Crippen LogP contribution < -0.4 is 4.90 Å². The molecule has 1 aliphatic heterocycles. The van der Waals surface area contributed by atoms with Gasteiger partial charge in [-0.2, -0.15) is 0 Å². The van der Waals surface area contributed by atoms with Gasteiger partial charge in [-0.05, 0) is 23.8 Å². The van der Waals surface area contributed by atoms with Crippen LogP contribution in [0.4, 0.5) is 5.69 Å². The average molecular weight is 560 g/mol. The van der Waals surface area contributed by atoms with Crippen LogP contribution in [0.2, 0.25) is 0 Å². The molecular formula is C35H61NO2S. The van der Waals surface area contributed by atoms with E-state index in [1.165, 1.54) is 159 Å². The van der Waals surface area contributed by atoms with Crippen LogP contribution in [0.15, 0.2) is 11.4 Å². The van der Waals surface area contributed by atoms with Gasteiger partial charge in [-0.25, -0.2) is 0 Å². The Hall–Kier alpha value is -1.16. The van der Waals surface area contributed by atoms with Crippen LogP contribution in [0.1, 0.15) is 184 Å². The molecule has 0 saturated carbocycles. The van der Waals surface area contributed by atoms with Crippen molar-refractivity contribution in [1.82, 2.24) is 0 Å². The van der Waals surface area contributed by atoms with Crippen molar-refractivity contribution in [3.63, 3.8) is 0 Å². The lowest BCUT2D eigenvalue weighted by Gasteiger charge is -2.18. The predicted octanol–water partition coefficient (Wildman–Crippen LogP) is 11.7. The van der Waals surface area contributed by atoms with E-state index in [-0.39, 0.29) is 11.7 Å². The van der Waals surface area contributed by atoms with Crippen LogP contribution in [-0.2, 0) is 4.79 Å². The van der Waals surface area contributed by atoms with Crippen LogP contribution in [0.3, 0.4) is 0 Å². The number of nitrogens with zero attached hydrogens (tertiary/aromatic N) is 1. The Balaban J connectivity index is 1.57. The minimum Gasteiger partial charge on any atom is -0.304 e. The van der Waals surface area contributed by atoms with Gasteiger partial charge in [0.1, 0.15) is 4.88 Å². The SMILES string of the molecule is CCCCCCCCCCCCC(CCCCCCCCCC)CCCCCCN1C(=O)C(=O)c2sccc21. The number of Topliss-reactive ketones (excluding diaryl/α,β-unsaturated/α-hetero) is 1. The minimum absolute atomic E-state index is 0.309. The zero-order valence-corrected chi connectivity index (χ0v) is 26.6. The van der Waals surface area contributed by atoms with E-state index in [9.17, 15) is 9.59 Å². The summed E-state index contributed by atoms with van der Waals surface area (Å²) in [5.74, 6) is 0.278. The summed E-state index contributed by atoms with van der Waals surface area (Å²) in [6.07, 6.45) is 34.5. The van der Waals surface area contributed by atoms with Gasteiger partial charge in [0.2, 0.25) is 0 Å². The van der Waals surface area contributed by atoms with E-state index in [4.69, 9.17) is 0 Å². The van der Waals surface area contributed by atoms with Crippen molar-refractivity contribution in [3.8, 4) is 0 Å². The number of amides is 1. The van der Waals surface area contributed by atoms with Gasteiger partial charge < -0.3 is 4.90 Å². The predicted molar refractivity (Wildman–Crippen MR) is 171 cm³/mol. The molecule has 0 bridgehead atoms. The van der Waals surface area contributed by atoms with Gasteiger partial charge in [0.05, 0.1) is 5.69 Å². The quantitative estimate of drug-likeness (QED) is 0.0794. The molecule has 4 heteroatoms. The summed E-state index contributed by atoms with van der Waals surface area (Å²) in [6, 6.07) is 1.92. The smallest absolute Gasteiger partial charge is 0.300 e. The first kappa shape index (κ1) is 34.0. The molecule has 224 valence electrons. The second kappa shape index (κ2) is 22.5. The largest absolute Gasteiger partial charge is 0.304 e. The number of rotatable bonds is 27. The first-order valence-electron chi connectivity index (χ1n) is 17.1. The molecule has 2 rings (SSSR count). The average Bonchev–Trinajstić information content (AvgIpc) is 3.51. The van der Waals surface area contributed by atoms with Gasteiger partial charge in [-0.1, -0.05) is 168 Å². The summed E-state index contributed by atoms with van der Waals surface area (Å²) in [5, 5.41) is 1.92. The highest BCUT2D eigenvalue weighted by atomic mass is 32.1. The molecule has 1 aromatic rings. The Morgan fingerprint density at radius 1 is 0.590 bits per heavy atom. The molecular weight excluding hydrogens is 498 g/mol. The molecule has 0 spiro atoms. The Morgan fingerprint density at radius 3 is 1.46 bits per heavy atom. The van der Waals surface area contributed by atoms with Crippen molar-refractivity contribution in [2.45, 2.75) is 174 Å². The van der Waals surface area contributed by atoms with Crippen molar-refractivity contribution in [2.75, 3.05) is 11.4 Å². The molecule has 1 aromatic heterocycles. The maximum absolute atomic E-state index is 12.3. The normalized spacial score (nSPS) is 13.9. The van der Waals surface area contributed by atoms with Crippen LogP contribution in [0.25, 0.3) is 0 Å². The number of hydrogen-bond acceptors (Lipinski definition) is 3. The number of hydrogen-bond donors (Lipinski definition) is 0. The summed E-state index contributed by atoms with van der Waals surface area (Å²) >= 11 is 1.39. The van der Waals surface area contributed by atoms with Crippen molar-refractivity contribution in [1.29, 1.82) is 0 Å². The highest BCUT2D eigenvalue weighted by molar-refractivity contribution is 7.14. The number of fused-ring (bicyclic) bond motifs is 1. The Morgan fingerprint density at radius 2 is 1.00 bits per heavy atom. The van der Waals surface area contributed by atoms with E-state index < -0.39 is 0 Å². The van der Waals surface area contributed by atoms with Crippen LogP contribution in [-0.4, -0.2) is 18.2 Å². The van der Waals surface area contributed by atoms with Gasteiger partial charge in [0.25, 0.3) is 11.7 Å². The van der Waals surface area contributed by atoms with E-state index in [0.29, 0.717) is 11.4 Å². The van der Waals surface area contributed by atoms with Gasteiger partial charge in [-0.15, -0.1) is 11.3 Å². The third-order valence-corrected chi connectivity index (χ3v) is 9.66. The van der Waals surface area contributed by atoms with E-state index in [1.807, 2.05) is 11.4 Å². The minimum atomic E-state index is -0.321. The summed E-state index contributed by atoms with van der Waals surface area (Å²) in [7, 11) is 0. The van der Waals surface area contributed by atoms with Gasteiger partial charge in [0.15, 0.2) is 0 Å². The summed E-state index contributed by atoms with van der Waals surface area (Å²) < 4.78 is 0. The van der Waals surface area contributed by atoms with Gasteiger partial charge >= 0.3 is 0 Å². The Kier molecular flexibility index (Phi) is 19.7. The van der Waals surface area contributed by atoms with Crippen LogP contribution in [0.5, 0.6) is 0 Å². The summed E-state index contributed by atoms with van der Waals surface area (Å²) in [5.41, 5.74) is 0.844. The second-order valence-corrected chi connectivity index (χ2v) is 13.1. The molecule has 1 amide bonds. The molecule has 0 saturated heterocycles. The number of unbranched alkanes of at least 4 members (excludes halogenated alkanes) is 19. The molecule has 3 nitrogen and oxygen atoms in total.